The molecule has 3 fully saturated rings. The summed E-state index contributed by atoms with van der Waals surface area (Å²) in [5, 5.41) is 10.1. The van der Waals surface area contributed by atoms with Gasteiger partial charge in [0.1, 0.15) is 81.9 Å². The number of pyridine rings is 4. The number of nitrogens with one attached hydrogen (secondary N) is 3. The number of carbonyl (C=O) groups excluding carboxylic acids is 2. The lowest BCUT2D eigenvalue weighted by molar-refractivity contribution is -0.110. The number of rotatable bonds is 25. The Morgan fingerprint density at radius 3 is 1.13 bits per heavy atom. The van der Waals surface area contributed by atoms with E-state index in [1.165, 1.54) is 188 Å². The second kappa shape index (κ2) is 54.4. The predicted molar refractivity (Wildman–Crippen MR) is 524 cm³/mol. The Hall–Kier alpha value is -9.42. The van der Waals surface area contributed by atoms with Crippen molar-refractivity contribution in [2.24, 2.45) is 35.3 Å². The molecule has 0 aliphatic carbocycles. The number of piperidine rings is 3. The van der Waals surface area contributed by atoms with Crippen LogP contribution in [0.3, 0.4) is 0 Å². The van der Waals surface area contributed by atoms with Crippen molar-refractivity contribution >= 4 is 140 Å². The molecule has 5 aromatic carbocycles. The lowest BCUT2D eigenvalue weighted by atomic mass is 10.1. The second-order valence-electron chi connectivity index (χ2n) is 34.4. The summed E-state index contributed by atoms with van der Waals surface area (Å²) in [6.45, 7) is 31.2. The van der Waals surface area contributed by atoms with Crippen molar-refractivity contribution in [2.45, 2.75) is 172 Å². The standard InChI is InChI=1S/C21H29FN4O4S2.C21H29FN4O2S.C15H16ClFN2O2S.C10H14FN.C10H20N2O2.C6H6FN.C5H3BrClNO2S.C4H8O/c1-16(2)15-26(19-6-4-17(22)5-7-19)32(29,30)20-8-9-21(23-14-20)24-18-10-12-25(13-11-18)31(3,27)28;1-16(2)15-26(19-6-4-17(22)5-7-19)29(27,28)20-8-9-21(23-14-20)24-18-10-12-25(3)13-11-18;1-11(2)10-19(13-5-3-12(17)4-6-13)22(20,21)14-7-8-15(16)18-9-14;1-8(2)7-12-10-5-3-9(11)4-6-10;1-10(2,3)14-9(13)12-6-4-8(11)5-7-12;7-5-1-3-6(8)4-2-5;6-5-2-1-4(3-8-5)11(7,9)10;1-4(2)3-5/h4-9,14,16,18H,10-13,15H2,1-3H3,(H,23,24);4-9,14,16,18H,10-13,15H2,1-3H3,(H,23,24);3-9,11H,10H2,1-2H3;3-6,8,12H,7H2,1-2H3;8H,4-7,11H2,1-3H3;1-4H,8H2;1-3H;3-4H,1-2H3. The maximum Gasteiger partial charge on any atom is 0.410 e. The topological polar surface area (TPSA) is 373 Å². The summed E-state index contributed by atoms with van der Waals surface area (Å²) in [7, 11) is -11.2. The number of nitrogens with zero attached hydrogens (tertiary/aromatic N) is 10. The van der Waals surface area contributed by atoms with Gasteiger partial charge in [-0.25, -0.2) is 93.1 Å². The van der Waals surface area contributed by atoms with E-state index in [2.05, 4.69) is 77.6 Å². The van der Waals surface area contributed by atoms with Crippen molar-refractivity contribution in [3.63, 3.8) is 0 Å². The fraction of sp³-hybridized carbons (Fsp3) is 0.435. The third kappa shape index (κ3) is 41.8. The minimum absolute atomic E-state index is 0.00219. The zero-order chi connectivity index (χ0) is 99.4. The van der Waals surface area contributed by atoms with E-state index in [0.717, 1.165) is 70.4 Å². The van der Waals surface area contributed by atoms with Crippen molar-refractivity contribution < 1.29 is 78.4 Å². The van der Waals surface area contributed by atoms with E-state index < -0.39 is 72.2 Å². The summed E-state index contributed by atoms with van der Waals surface area (Å²) in [5.41, 5.74) is 13.4. The number of aromatic nitrogens is 4. The Morgan fingerprint density at radius 1 is 0.496 bits per heavy atom. The van der Waals surface area contributed by atoms with Crippen LogP contribution in [0.2, 0.25) is 5.15 Å². The van der Waals surface area contributed by atoms with Gasteiger partial charge in [0.05, 0.1) is 23.3 Å². The van der Waals surface area contributed by atoms with E-state index in [0.29, 0.717) is 83.4 Å². The van der Waals surface area contributed by atoms with Crippen molar-refractivity contribution in [1.82, 2.24) is 34.0 Å². The predicted octanol–water partition coefficient (Wildman–Crippen LogP) is 18.5. The molecule has 41 heteroatoms. The Bertz CT molecular complexity index is 5580. The van der Waals surface area contributed by atoms with Crippen molar-refractivity contribution in [2.75, 3.05) is 113 Å². The Balaban J connectivity index is 0.000000284. The Morgan fingerprint density at radius 2 is 0.835 bits per heavy atom. The first-order valence-corrected chi connectivity index (χ1v) is 52.6. The molecule has 133 heavy (non-hydrogen) atoms. The number of aldehydes is 1. The number of hydrogen-bond donors (Lipinski definition) is 5. The summed E-state index contributed by atoms with van der Waals surface area (Å²) in [5.74, 6) is 0.578. The maximum atomic E-state index is 13.3. The van der Waals surface area contributed by atoms with Gasteiger partial charge in [0.15, 0.2) is 0 Å². The van der Waals surface area contributed by atoms with Gasteiger partial charge in [-0.1, -0.05) is 80.8 Å². The number of ether oxygens (including phenoxy) is 1. The van der Waals surface area contributed by atoms with Crippen LogP contribution in [0.4, 0.5) is 66.8 Å². The highest BCUT2D eigenvalue weighted by molar-refractivity contribution is 9.10. The van der Waals surface area contributed by atoms with Crippen LogP contribution in [-0.4, -0.2) is 191 Å². The normalized spacial score (nSPS) is 14.2. The second-order valence-corrected chi connectivity index (χ2v) is 45.7. The average Bonchev–Trinajstić information content (AvgIpc) is 0.796. The minimum Gasteiger partial charge on any atom is -0.444 e. The summed E-state index contributed by atoms with van der Waals surface area (Å²) in [6, 6.07) is 41.1. The highest BCUT2D eigenvalue weighted by Crippen LogP contribution is 2.31. The van der Waals surface area contributed by atoms with Crippen LogP contribution in [0.5, 0.6) is 0 Å². The van der Waals surface area contributed by atoms with E-state index >= 15 is 0 Å². The van der Waals surface area contributed by atoms with E-state index in [1.54, 1.807) is 35.2 Å². The third-order valence-electron chi connectivity index (χ3n) is 19.1. The maximum absolute atomic E-state index is 13.3. The van der Waals surface area contributed by atoms with Crippen LogP contribution in [-0.2, 0) is 58.7 Å². The fourth-order valence-electron chi connectivity index (χ4n) is 12.1. The summed E-state index contributed by atoms with van der Waals surface area (Å²) >= 11 is 8.76. The molecule has 0 unspecified atom stereocenters. The van der Waals surface area contributed by atoms with Crippen LogP contribution in [0.15, 0.2) is 219 Å². The number of hydrogen-bond acceptors (Lipinski definition) is 23. The molecule has 3 saturated heterocycles. The molecule has 0 atom stereocenters. The molecular weight excluding hydrogens is 1930 g/mol. The molecule has 0 spiro atoms. The Labute approximate surface area is 800 Å². The molecular formula is C92H125BrCl2F5N15O13S5. The van der Waals surface area contributed by atoms with Gasteiger partial charge in [-0.3, -0.25) is 12.9 Å². The molecule has 28 nitrogen and oxygen atoms in total. The average molecular weight is 2060 g/mol. The van der Waals surface area contributed by atoms with Crippen LogP contribution >= 0.6 is 38.2 Å². The monoisotopic (exact) mass is 2050 g/mol. The zero-order valence-corrected chi connectivity index (χ0v) is 84.7. The van der Waals surface area contributed by atoms with Gasteiger partial charge < -0.3 is 46.7 Å². The van der Waals surface area contributed by atoms with E-state index in [4.69, 9.17) is 38.5 Å². The molecule has 12 rings (SSSR count). The minimum atomic E-state index is -3.89. The SMILES string of the molecule is CC(C)(C)OC(=O)N1CCC(N)CC1.CC(C)C=O.CC(C)CN(c1ccc(F)cc1)S(=O)(=O)c1ccc(Cl)nc1.CC(C)CN(c1ccc(F)cc1)S(=O)(=O)c1ccc(NC2CCN(C)CC2)nc1.CC(C)CN(c1ccc(F)cc1)S(=O)(=O)c1ccc(NC2CCN(S(C)(=O)=O)CC2)nc1.CC(C)CNc1ccc(F)cc1.Nc1ccc(F)cc1.O=S(=O)(Cl)c1ccc(Br)nc1. The van der Waals surface area contributed by atoms with E-state index in [1.807, 2.05) is 76.2 Å². The van der Waals surface area contributed by atoms with Gasteiger partial charge in [-0.2, -0.15) is 0 Å². The quantitative estimate of drug-likeness (QED) is 0.0117. The Kier molecular flexibility index (Phi) is 46.6. The largest absolute Gasteiger partial charge is 0.444 e. The molecule has 7 heterocycles. The highest BCUT2D eigenvalue weighted by Gasteiger charge is 2.32. The number of nitrogens with two attached hydrogens (primary N) is 2. The van der Waals surface area contributed by atoms with Crippen LogP contribution in [0.1, 0.15) is 129 Å². The van der Waals surface area contributed by atoms with Crippen LogP contribution < -0.4 is 40.3 Å². The first-order valence-electron chi connectivity index (χ1n) is 43.0. The molecule has 0 radical (unpaired) electrons. The molecule has 732 valence electrons. The van der Waals surface area contributed by atoms with Gasteiger partial charge >= 0.3 is 6.09 Å². The van der Waals surface area contributed by atoms with Crippen molar-refractivity contribution in [3.05, 3.63) is 233 Å². The van der Waals surface area contributed by atoms with E-state index in [9.17, 15) is 73.6 Å². The first-order chi connectivity index (χ1) is 62.1. The summed E-state index contributed by atoms with van der Waals surface area (Å²) in [6.07, 6.45) is 12.1. The lowest BCUT2D eigenvalue weighted by Crippen LogP contribution is -2.44. The highest BCUT2D eigenvalue weighted by atomic mass is 79.9. The third-order valence-corrected chi connectivity index (χ3v) is 27.8. The van der Waals surface area contributed by atoms with Gasteiger partial charge in [-0.05, 0) is 289 Å². The fourth-order valence-corrected chi connectivity index (χ4v) is 18.8. The van der Waals surface area contributed by atoms with Gasteiger partial charge in [-0.15, -0.1) is 0 Å². The van der Waals surface area contributed by atoms with Crippen LogP contribution in [0, 0.1) is 58.7 Å². The number of halogens is 8. The number of amides is 1. The van der Waals surface area contributed by atoms with Gasteiger partial charge in [0.2, 0.25) is 10.0 Å². The molecule has 0 saturated carbocycles. The molecule has 0 bridgehead atoms. The molecule has 7 N–H and O–H groups in total. The van der Waals surface area contributed by atoms with Gasteiger partial charge in [0.25, 0.3) is 39.1 Å². The number of benzene rings is 5. The summed E-state index contributed by atoms with van der Waals surface area (Å²) in [4.78, 5) is 41.4. The number of sulfonamides is 4. The smallest absolute Gasteiger partial charge is 0.410 e. The molecule has 3 aliphatic heterocycles. The number of anilines is 7. The first kappa shape index (κ1) is 114. The van der Waals surface area contributed by atoms with Crippen LogP contribution in [0.25, 0.3) is 0 Å². The lowest BCUT2D eigenvalue weighted by Gasteiger charge is -2.32. The number of likely N-dealkylation sites (tertiary alicyclic amines) is 2. The molecule has 3 aliphatic rings. The zero-order valence-electron chi connectivity index (χ0n) is 77.5. The van der Waals surface area contributed by atoms with E-state index in [-0.39, 0.29) is 91.3 Å². The molecule has 9 aromatic rings. The number of carbonyl (C=O) groups is 2. The van der Waals surface area contributed by atoms with Crippen molar-refractivity contribution in [1.29, 1.82) is 0 Å². The van der Waals surface area contributed by atoms with Gasteiger partial charge in [0, 0.05) is 123 Å². The molecule has 4 aromatic heterocycles. The van der Waals surface area contributed by atoms with Crippen molar-refractivity contribution in [3.8, 4) is 0 Å². The summed E-state index contributed by atoms with van der Waals surface area (Å²) < 4.78 is 199. The molecule has 1 amide bonds. The number of nitrogen functional groups attached to an aromatic ring is 1.